The van der Waals surface area contributed by atoms with Gasteiger partial charge >= 0.3 is 0 Å². The molecular weight excluding hydrogens is 186 g/mol. The molecule has 1 fully saturated rings. The molecule has 0 bridgehead atoms. The second kappa shape index (κ2) is 3.90. The molecule has 3 nitrogen and oxygen atoms in total. The first kappa shape index (κ1) is 9.97. The molecule has 0 N–H and O–H groups in total. The number of anilines is 1. The SMILES string of the molecule is Cc1cc(C)c(C#N)c(N2CCCC2)n1. The molecule has 0 saturated carbocycles. The van der Waals surface area contributed by atoms with Crippen molar-refractivity contribution < 1.29 is 0 Å². The molecule has 1 saturated heterocycles. The first-order valence-corrected chi connectivity index (χ1v) is 5.35. The van der Waals surface area contributed by atoms with Crippen molar-refractivity contribution >= 4 is 5.82 Å². The number of nitrogens with zero attached hydrogens (tertiary/aromatic N) is 3. The number of hydrogen-bond acceptors (Lipinski definition) is 3. The number of aromatic nitrogens is 1. The minimum atomic E-state index is 0.738. The lowest BCUT2D eigenvalue weighted by molar-refractivity contribution is 0.922. The van der Waals surface area contributed by atoms with Crippen molar-refractivity contribution in [1.82, 2.24) is 4.98 Å². The van der Waals surface area contributed by atoms with Crippen molar-refractivity contribution in [3.63, 3.8) is 0 Å². The Labute approximate surface area is 90.4 Å². The van der Waals surface area contributed by atoms with Crippen LogP contribution in [0.15, 0.2) is 6.07 Å². The van der Waals surface area contributed by atoms with Gasteiger partial charge in [-0.3, -0.25) is 0 Å². The smallest absolute Gasteiger partial charge is 0.147 e. The maximum Gasteiger partial charge on any atom is 0.147 e. The summed E-state index contributed by atoms with van der Waals surface area (Å²) in [6.07, 6.45) is 2.42. The second-order valence-electron chi connectivity index (χ2n) is 4.09. The van der Waals surface area contributed by atoms with Crippen molar-refractivity contribution in [2.24, 2.45) is 0 Å². The number of rotatable bonds is 1. The van der Waals surface area contributed by atoms with Crippen LogP contribution in [0, 0.1) is 25.2 Å². The predicted octanol–water partition coefficient (Wildman–Crippen LogP) is 2.17. The van der Waals surface area contributed by atoms with Crippen LogP contribution in [0.1, 0.15) is 29.7 Å². The van der Waals surface area contributed by atoms with Crippen molar-refractivity contribution in [3.05, 3.63) is 22.9 Å². The van der Waals surface area contributed by atoms with Gasteiger partial charge in [0.2, 0.25) is 0 Å². The van der Waals surface area contributed by atoms with Gasteiger partial charge in [-0.1, -0.05) is 0 Å². The van der Waals surface area contributed by atoms with E-state index in [9.17, 15) is 0 Å². The molecule has 78 valence electrons. The first-order chi connectivity index (χ1) is 7.22. The van der Waals surface area contributed by atoms with E-state index in [-0.39, 0.29) is 0 Å². The van der Waals surface area contributed by atoms with Gasteiger partial charge < -0.3 is 4.90 Å². The second-order valence-corrected chi connectivity index (χ2v) is 4.09. The number of nitriles is 1. The summed E-state index contributed by atoms with van der Waals surface area (Å²) >= 11 is 0. The standard InChI is InChI=1S/C12H15N3/c1-9-7-10(2)14-12(11(9)8-13)15-5-3-4-6-15/h7H,3-6H2,1-2H3. The molecule has 3 heteroatoms. The summed E-state index contributed by atoms with van der Waals surface area (Å²) in [4.78, 5) is 6.71. The molecule has 0 aliphatic carbocycles. The van der Waals surface area contributed by atoms with Gasteiger partial charge in [0.1, 0.15) is 11.9 Å². The van der Waals surface area contributed by atoms with Gasteiger partial charge in [-0.05, 0) is 38.3 Å². The molecule has 0 atom stereocenters. The molecule has 0 aromatic carbocycles. The van der Waals surface area contributed by atoms with E-state index in [2.05, 4.69) is 16.0 Å². The number of aryl methyl sites for hydroxylation is 2. The van der Waals surface area contributed by atoms with Gasteiger partial charge in [0.05, 0.1) is 5.56 Å². The zero-order valence-electron chi connectivity index (χ0n) is 9.25. The van der Waals surface area contributed by atoms with Crippen LogP contribution in [0.4, 0.5) is 5.82 Å². The summed E-state index contributed by atoms with van der Waals surface area (Å²) < 4.78 is 0. The Kier molecular flexibility index (Phi) is 2.59. The van der Waals surface area contributed by atoms with Crippen LogP contribution in [0.25, 0.3) is 0 Å². The van der Waals surface area contributed by atoms with Crippen molar-refractivity contribution in [1.29, 1.82) is 5.26 Å². The largest absolute Gasteiger partial charge is 0.356 e. The van der Waals surface area contributed by atoms with Gasteiger partial charge in [0, 0.05) is 18.8 Å². The highest BCUT2D eigenvalue weighted by Gasteiger charge is 2.18. The third-order valence-corrected chi connectivity index (χ3v) is 2.84. The van der Waals surface area contributed by atoms with E-state index in [0.717, 1.165) is 35.7 Å². The minimum absolute atomic E-state index is 0.738. The molecule has 1 aromatic heterocycles. The van der Waals surface area contributed by atoms with Crippen LogP contribution < -0.4 is 4.90 Å². The fourth-order valence-corrected chi connectivity index (χ4v) is 2.11. The van der Waals surface area contributed by atoms with Gasteiger partial charge in [-0.25, -0.2) is 4.98 Å². The van der Waals surface area contributed by atoms with E-state index < -0.39 is 0 Å². The van der Waals surface area contributed by atoms with Crippen molar-refractivity contribution in [2.45, 2.75) is 26.7 Å². The summed E-state index contributed by atoms with van der Waals surface area (Å²) in [5.41, 5.74) is 2.77. The summed E-state index contributed by atoms with van der Waals surface area (Å²) in [5.74, 6) is 0.882. The monoisotopic (exact) mass is 201 g/mol. The molecule has 0 unspecified atom stereocenters. The Bertz CT molecular complexity index is 412. The highest BCUT2D eigenvalue weighted by Crippen LogP contribution is 2.24. The van der Waals surface area contributed by atoms with E-state index in [0.29, 0.717) is 0 Å². The molecule has 15 heavy (non-hydrogen) atoms. The molecule has 0 radical (unpaired) electrons. The molecule has 1 aliphatic rings. The quantitative estimate of drug-likeness (QED) is 0.699. The Morgan fingerprint density at radius 1 is 1.33 bits per heavy atom. The van der Waals surface area contributed by atoms with Crippen molar-refractivity contribution in [2.75, 3.05) is 18.0 Å². The molecule has 2 rings (SSSR count). The normalized spacial score (nSPS) is 15.4. The van der Waals surface area contributed by atoms with E-state index >= 15 is 0 Å². The van der Waals surface area contributed by atoms with Crippen LogP contribution in [0.2, 0.25) is 0 Å². The highest BCUT2D eigenvalue weighted by atomic mass is 15.2. The van der Waals surface area contributed by atoms with E-state index in [4.69, 9.17) is 5.26 Å². The zero-order chi connectivity index (χ0) is 10.8. The summed E-state index contributed by atoms with van der Waals surface area (Å²) in [6, 6.07) is 4.23. The molecule has 2 heterocycles. The average Bonchev–Trinajstić information content (AvgIpc) is 2.69. The Morgan fingerprint density at radius 3 is 2.60 bits per heavy atom. The van der Waals surface area contributed by atoms with Crippen LogP contribution in [0.5, 0.6) is 0 Å². The molecule has 1 aromatic rings. The van der Waals surface area contributed by atoms with Gasteiger partial charge in [0.25, 0.3) is 0 Å². The molecule has 0 amide bonds. The Balaban J connectivity index is 2.48. The topological polar surface area (TPSA) is 39.9 Å². The lowest BCUT2D eigenvalue weighted by Gasteiger charge is -2.19. The van der Waals surface area contributed by atoms with Gasteiger partial charge in [0.15, 0.2) is 0 Å². The minimum Gasteiger partial charge on any atom is -0.356 e. The predicted molar refractivity (Wildman–Crippen MR) is 59.9 cm³/mol. The van der Waals surface area contributed by atoms with Crippen LogP contribution in [0.3, 0.4) is 0 Å². The van der Waals surface area contributed by atoms with Crippen LogP contribution in [-0.4, -0.2) is 18.1 Å². The van der Waals surface area contributed by atoms with Gasteiger partial charge in [-0.15, -0.1) is 0 Å². The number of hydrogen-bond donors (Lipinski definition) is 0. The van der Waals surface area contributed by atoms with Crippen LogP contribution >= 0.6 is 0 Å². The lowest BCUT2D eigenvalue weighted by Crippen LogP contribution is -2.21. The first-order valence-electron chi connectivity index (χ1n) is 5.35. The summed E-state index contributed by atoms with van der Waals surface area (Å²) in [7, 11) is 0. The van der Waals surface area contributed by atoms with E-state index in [1.165, 1.54) is 12.8 Å². The van der Waals surface area contributed by atoms with E-state index in [1.807, 2.05) is 19.9 Å². The Morgan fingerprint density at radius 2 is 2.00 bits per heavy atom. The fourth-order valence-electron chi connectivity index (χ4n) is 2.11. The van der Waals surface area contributed by atoms with Crippen LogP contribution in [-0.2, 0) is 0 Å². The van der Waals surface area contributed by atoms with Gasteiger partial charge in [-0.2, -0.15) is 5.26 Å². The zero-order valence-corrected chi connectivity index (χ0v) is 9.25. The lowest BCUT2D eigenvalue weighted by atomic mass is 10.1. The average molecular weight is 201 g/mol. The fraction of sp³-hybridized carbons (Fsp3) is 0.500. The summed E-state index contributed by atoms with van der Waals surface area (Å²) in [6.45, 7) is 6.02. The van der Waals surface area contributed by atoms with Crippen molar-refractivity contribution in [3.8, 4) is 6.07 Å². The Hall–Kier alpha value is -1.56. The molecular formula is C12H15N3. The third-order valence-electron chi connectivity index (χ3n) is 2.84. The molecule has 0 spiro atoms. The molecule has 1 aliphatic heterocycles. The third kappa shape index (κ3) is 1.80. The summed E-state index contributed by atoms with van der Waals surface area (Å²) in [5, 5.41) is 9.13. The van der Waals surface area contributed by atoms with E-state index in [1.54, 1.807) is 0 Å². The number of pyridine rings is 1. The maximum atomic E-state index is 9.13. The maximum absolute atomic E-state index is 9.13. The highest BCUT2D eigenvalue weighted by molar-refractivity contribution is 5.58.